The number of hydrogen-bond acceptors (Lipinski definition) is 4. The van der Waals surface area contributed by atoms with E-state index >= 15 is 0 Å². The molecule has 7 heteroatoms. The van der Waals surface area contributed by atoms with Crippen LogP contribution < -0.4 is 16.0 Å². The third-order valence-corrected chi connectivity index (χ3v) is 4.38. The minimum Gasteiger partial charge on any atom is -0.374 e. The van der Waals surface area contributed by atoms with Gasteiger partial charge in [-0.3, -0.25) is 9.79 Å². The van der Waals surface area contributed by atoms with Gasteiger partial charge in [-0.15, -0.1) is 0 Å². The fourth-order valence-corrected chi connectivity index (χ4v) is 2.72. The molecule has 1 unspecified atom stereocenters. The molecule has 0 spiro atoms. The van der Waals surface area contributed by atoms with Crippen molar-refractivity contribution in [1.82, 2.24) is 15.6 Å². The lowest BCUT2D eigenvalue weighted by molar-refractivity contribution is -0.116. The molecule has 0 radical (unpaired) electrons. The minimum absolute atomic E-state index is 0.0723. The van der Waals surface area contributed by atoms with Crippen LogP contribution in [-0.4, -0.2) is 43.1 Å². The monoisotopic (exact) mass is 411 g/mol. The van der Waals surface area contributed by atoms with Gasteiger partial charge in [-0.1, -0.05) is 36.4 Å². The second kappa shape index (κ2) is 13.3. The van der Waals surface area contributed by atoms with Crippen molar-refractivity contribution in [3.63, 3.8) is 0 Å². The predicted molar refractivity (Wildman–Crippen MR) is 122 cm³/mol. The number of aromatic nitrogens is 1. The van der Waals surface area contributed by atoms with Crippen LogP contribution in [0.4, 0.5) is 5.82 Å². The summed E-state index contributed by atoms with van der Waals surface area (Å²) in [4.78, 5) is 20.8. The maximum atomic E-state index is 12.0. The molecule has 2 rings (SSSR count). The lowest BCUT2D eigenvalue weighted by Gasteiger charge is -2.13. The molecule has 0 fully saturated rings. The average molecular weight is 412 g/mol. The highest BCUT2D eigenvalue weighted by Crippen LogP contribution is 2.15. The van der Waals surface area contributed by atoms with E-state index in [-0.39, 0.29) is 12.0 Å². The number of rotatable bonds is 11. The number of ether oxygens (including phenoxy) is 1. The third kappa shape index (κ3) is 9.05. The molecule has 0 aliphatic rings. The first-order valence-corrected chi connectivity index (χ1v) is 10.5. The van der Waals surface area contributed by atoms with Gasteiger partial charge in [0.25, 0.3) is 0 Å². The Morgan fingerprint density at radius 2 is 1.97 bits per heavy atom. The first-order chi connectivity index (χ1) is 14.6. The highest BCUT2D eigenvalue weighted by atomic mass is 16.5. The van der Waals surface area contributed by atoms with Gasteiger partial charge in [0.2, 0.25) is 5.91 Å². The topological polar surface area (TPSA) is 87.6 Å². The lowest BCUT2D eigenvalue weighted by Crippen LogP contribution is -2.38. The molecule has 1 atom stereocenters. The van der Waals surface area contributed by atoms with Crippen molar-refractivity contribution < 1.29 is 9.53 Å². The summed E-state index contributed by atoms with van der Waals surface area (Å²) >= 11 is 0. The number of carbonyl (C=O) groups is 1. The molecule has 3 N–H and O–H groups in total. The summed E-state index contributed by atoms with van der Waals surface area (Å²) in [7, 11) is 0. The molecular weight excluding hydrogens is 378 g/mol. The summed E-state index contributed by atoms with van der Waals surface area (Å²) in [6.07, 6.45) is 2.96. The van der Waals surface area contributed by atoms with Gasteiger partial charge < -0.3 is 20.7 Å². The fourth-order valence-electron chi connectivity index (χ4n) is 2.72. The summed E-state index contributed by atoms with van der Waals surface area (Å²) in [5.41, 5.74) is 2.23. The standard InChI is InChI=1S/C23H33N5O2/c1-4-24-23(25-14-8-16-30-19(3)20-9-6-5-7-10-20)26-15-13-22(29)28-21-12-11-18(2)17-27-21/h5-7,9-12,17,19H,4,8,13-16H2,1-3H3,(H2,24,25,26)(H,27,28,29). The van der Waals surface area contributed by atoms with E-state index in [1.807, 2.05) is 38.1 Å². The zero-order valence-electron chi connectivity index (χ0n) is 18.1. The number of amides is 1. The molecule has 1 aromatic heterocycles. The van der Waals surface area contributed by atoms with Crippen molar-refractivity contribution >= 4 is 17.7 Å². The Kier molecular flexibility index (Phi) is 10.4. The summed E-state index contributed by atoms with van der Waals surface area (Å²) < 4.78 is 5.88. The van der Waals surface area contributed by atoms with E-state index in [2.05, 4.69) is 45.0 Å². The van der Waals surface area contributed by atoms with Crippen molar-refractivity contribution in [2.75, 3.05) is 31.6 Å². The second-order valence-corrected chi connectivity index (χ2v) is 6.98. The van der Waals surface area contributed by atoms with Gasteiger partial charge in [0.1, 0.15) is 5.82 Å². The van der Waals surface area contributed by atoms with Crippen LogP contribution in [0.2, 0.25) is 0 Å². The Hall–Kier alpha value is -2.93. The number of aliphatic imine (C=N–C) groups is 1. The van der Waals surface area contributed by atoms with E-state index in [4.69, 9.17) is 4.74 Å². The van der Waals surface area contributed by atoms with Crippen molar-refractivity contribution in [2.24, 2.45) is 4.99 Å². The number of pyridine rings is 1. The zero-order valence-corrected chi connectivity index (χ0v) is 18.1. The molecule has 0 aliphatic carbocycles. The highest BCUT2D eigenvalue weighted by Gasteiger charge is 2.05. The molecule has 1 aromatic carbocycles. The normalized spacial score (nSPS) is 12.3. The van der Waals surface area contributed by atoms with Crippen LogP contribution in [-0.2, 0) is 9.53 Å². The number of benzene rings is 1. The molecule has 0 saturated carbocycles. The Morgan fingerprint density at radius 1 is 1.17 bits per heavy atom. The molecular formula is C23H33N5O2. The summed E-state index contributed by atoms with van der Waals surface area (Å²) in [5, 5.41) is 9.17. The first-order valence-electron chi connectivity index (χ1n) is 10.5. The first kappa shape index (κ1) is 23.3. The largest absolute Gasteiger partial charge is 0.374 e. The van der Waals surface area contributed by atoms with E-state index in [0.29, 0.717) is 37.9 Å². The highest BCUT2D eigenvalue weighted by molar-refractivity contribution is 5.90. The van der Waals surface area contributed by atoms with E-state index in [0.717, 1.165) is 18.5 Å². The molecule has 0 bridgehead atoms. The zero-order chi connectivity index (χ0) is 21.6. The van der Waals surface area contributed by atoms with Crippen LogP contribution in [0.15, 0.2) is 53.7 Å². The van der Waals surface area contributed by atoms with Crippen molar-refractivity contribution in [3.05, 3.63) is 59.8 Å². The van der Waals surface area contributed by atoms with Gasteiger partial charge in [0.15, 0.2) is 5.96 Å². The molecule has 1 heterocycles. The molecule has 0 saturated heterocycles. The predicted octanol–water partition coefficient (Wildman–Crippen LogP) is 3.44. The number of nitrogens with one attached hydrogen (secondary N) is 3. The second-order valence-electron chi connectivity index (χ2n) is 6.98. The third-order valence-electron chi connectivity index (χ3n) is 4.38. The fraction of sp³-hybridized carbons (Fsp3) is 0.435. The van der Waals surface area contributed by atoms with Crippen molar-refractivity contribution in [3.8, 4) is 0 Å². The van der Waals surface area contributed by atoms with E-state index in [1.54, 1.807) is 12.3 Å². The van der Waals surface area contributed by atoms with Gasteiger partial charge in [-0.2, -0.15) is 0 Å². The smallest absolute Gasteiger partial charge is 0.227 e. The molecule has 30 heavy (non-hydrogen) atoms. The van der Waals surface area contributed by atoms with Gasteiger partial charge >= 0.3 is 0 Å². The minimum atomic E-state index is -0.0852. The van der Waals surface area contributed by atoms with E-state index in [9.17, 15) is 4.79 Å². The van der Waals surface area contributed by atoms with Crippen molar-refractivity contribution in [1.29, 1.82) is 0 Å². The Labute approximate surface area is 179 Å². The number of guanidine groups is 1. The molecule has 0 aliphatic heterocycles. The maximum absolute atomic E-state index is 12.0. The van der Waals surface area contributed by atoms with Gasteiger partial charge in [0.05, 0.1) is 6.10 Å². The van der Waals surface area contributed by atoms with E-state index in [1.165, 1.54) is 5.56 Å². The average Bonchev–Trinajstić information content (AvgIpc) is 2.75. The van der Waals surface area contributed by atoms with E-state index < -0.39 is 0 Å². The van der Waals surface area contributed by atoms with Crippen LogP contribution in [0.25, 0.3) is 0 Å². The summed E-state index contributed by atoms with van der Waals surface area (Å²) in [6, 6.07) is 13.9. The number of hydrogen-bond donors (Lipinski definition) is 3. The summed E-state index contributed by atoms with van der Waals surface area (Å²) in [6.45, 7) is 8.57. The molecule has 7 nitrogen and oxygen atoms in total. The summed E-state index contributed by atoms with van der Waals surface area (Å²) in [5.74, 6) is 1.18. The Bertz CT molecular complexity index is 778. The van der Waals surface area contributed by atoms with Gasteiger partial charge in [-0.25, -0.2) is 4.98 Å². The van der Waals surface area contributed by atoms with Crippen LogP contribution in [0.1, 0.15) is 43.9 Å². The molecule has 2 aromatic rings. The van der Waals surface area contributed by atoms with Gasteiger partial charge in [0, 0.05) is 38.9 Å². The number of aryl methyl sites for hydroxylation is 1. The maximum Gasteiger partial charge on any atom is 0.227 e. The SMILES string of the molecule is CCNC(=NCCCOC(C)c1ccccc1)NCCC(=O)Nc1ccc(C)cn1. The van der Waals surface area contributed by atoms with Crippen LogP contribution in [0.5, 0.6) is 0 Å². The Balaban J connectivity index is 1.65. The Morgan fingerprint density at radius 3 is 2.67 bits per heavy atom. The quantitative estimate of drug-likeness (QED) is 0.299. The van der Waals surface area contributed by atoms with Crippen LogP contribution in [0.3, 0.4) is 0 Å². The lowest BCUT2D eigenvalue weighted by atomic mass is 10.1. The number of nitrogens with zero attached hydrogens (tertiary/aromatic N) is 2. The van der Waals surface area contributed by atoms with Crippen molar-refractivity contribution in [2.45, 2.75) is 39.7 Å². The van der Waals surface area contributed by atoms with Gasteiger partial charge in [-0.05, 0) is 44.4 Å². The molecule has 1 amide bonds. The number of carbonyl (C=O) groups excluding carboxylic acids is 1. The van der Waals surface area contributed by atoms with Crippen LogP contribution >= 0.6 is 0 Å². The number of anilines is 1. The van der Waals surface area contributed by atoms with Crippen LogP contribution in [0, 0.1) is 6.92 Å². The molecule has 162 valence electrons.